The van der Waals surface area contributed by atoms with Crippen LogP contribution in [0.3, 0.4) is 0 Å². The molecule has 102 valence electrons. The standard InChI is InChI=1S/C15H32N2/c1-5-11-16-14(6-2)15(3,4)17-12-9-7-8-10-13-17/h14,16H,5-13H2,1-4H3. The van der Waals surface area contributed by atoms with E-state index in [9.17, 15) is 0 Å². The van der Waals surface area contributed by atoms with Crippen LogP contribution in [0.5, 0.6) is 0 Å². The van der Waals surface area contributed by atoms with Crippen LogP contribution < -0.4 is 5.32 Å². The highest BCUT2D eigenvalue weighted by Gasteiger charge is 2.33. The summed E-state index contributed by atoms with van der Waals surface area (Å²) in [5.41, 5.74) is 0.300. The lowest BCUT2D eigenvalue weighted by Crippen LogP contribution is -2.57. The van der Waals surface area contributed by atoms with Gasteiger partial charge in [0, 0.05) is 11.6 Å². The minimum atomic E-state index is 0.300. The Hall–Kier alpha value is -0.0800. The van der Waals surface area contributed by atoms with Gasteiger partial charge in [0.25, 0.3) is 0 Å². The van der Waals surface area contributed by atoms with Gasteiger partial charge in [-0.1, -0.05) is 26.7 Å². The quantitative estimate of drug-likeness (QED) is 0.765. The Balaban J connectivity index is 2.60. The zero-order valence-electron chi connectivity index (χ0n) is 12.4. The average Bonchev–Trinajstić information content (AvgIpc) is 2.58. The number of rotatable bonds is 6. The molecule has 0 aliphatic carbocycles. The van der Waals surface area contributed by atoms with Gasteiger partial charge in [-0.15, -0.1) is 0 Å². The second-order valence-corrected chi connectivity index (χ2v) is 5.97. The Morgan fingerprint density at radius 3 is 2.12 bits per heavy atom. The van der Waals surface area contributed by atoms with Crippen LogP contribution in [0.25, 0.3) is 0 Å². The molecule has 1 rings (SSSR count). The van der Waals surface area contributed by atoms with E-state index >= 15 is 0 Å². The van der Waals surface area contributed by atoms with E-state index in [1.165, 1.54) is 51.6 Å². The molecule has 0 aromatic rings. The molecule has 0 saturated carbocycles. The van der Waals surface area contributed by atoms with E-state index in [2.05, 4.69) is 37.9 Å². The normalized spacial score (nSPS) is 21.2. The maximum Gasteiger partial charge on any atom is 0.0306 e. The first-order chi connectivity index (χ1) is 8.12. The molecule has 1 saturated heterocycles. The van der Waals surface area contributed by atoms with Crippen LogP contribution in [0.4, 0.5) is 0 Å². The minimum Gasteiger partial charge on any atom is -0.312 e. The predicted molar refractivity (Wildman–Crippen MR) is 76.5 cm³/mol. The molecule has 2 nitrogen and oxygen atoms in total. The van der Waals surface area contributed by atoms with Gasteiger partial charge in [0.1, 0.15) is 0 Å². The summed E-state index contributed by atoms with van der Waals surface area (Å²) in [6, 6.07) is 0.626. The molecule has 1 N–H and O–H groups in total. The Morgan fingerprint density at radius 1 is 1.06 bits per heavy atom. The summed E-state index contributed by atoms with van der Waals surface area (Å²) in [6.07, 6.45) is 8.06. The summed E-state index contributed by atoms with van der Waals surface area (Å²) in [4.78, 5) is 2.72. The molecular weight excluding hydrogens is 208 g/mol. The summed E-state index contributed by atoms with van der Waals surface area (Å²) in [5, 5.41) is 3.74. The molecule has 0 amide bonds. The van der Waals surface area contributed by atoms with Gasteiger partial charge >= 0.3 is 0 Å². The van der Waals surface area contributed by atoms with Crippen LogP contribution in [0.15, 0.2) is 0 Å². The molecule has 0 bridgehead atoms. The van der Waals surface area contributed by atoms with Crippen molar-refractivity contribution in [1.82, 2.24) is 10.2 Å². The third-order valence-electron chi connectivity index (χ3n) is 4.32. The topological polar surface area (TPSA) is 15.3 Å². The van der Waals surface area contributed by atoms with E-state index in [-0.39, 0.29) is 0 Å². The number of hydrogen-bond donors (Lipinski definition) is 1. The molecule has 1 aliphatic rings. The molecule has 1 unspecified atom stereocenters. The van der Waals surface area contributed by atoms with E-state index < -0.39 is 0 Å². The van der Waals surface area contributed by atoms with Crippen molar-refractivity contribution in [1.29, 1.82) is 0 Å². The lowest BCUT2D eigenvalue weighted by Gasteiger charge is -2.44. The van der Waals surface area contributed by atoms with E-state index in [0.717, 1.165) is 6.54 Å². The summed E-state index contributed by atoms with van der Waals surface area (Å²) < 4.78 is 0. The molecule has 0 spiro atoms. The molecule has 1 aliphatic heterocycles. The smallest absolute Gasteiger partial charge is 0.0306 e. The van der Waals surface area contributed by atoms with Crippen LogP contribution in [-0.2, 0) is 0 Å². The number of nitrogens with one attached hydrogen (secondary N) is 1. The number of hydrogen-bond acceptors (Lipinski definition) is 2. The van der Waals surface area contributed by atoms with E-state index in [4.69, 9.17) is 0 Å². The van der Waals surface area contributed by atoms with Crippen LogP contribution in [-0.4, -0.2) is 36.1 Å². The monoisotopic (exact) mass is 240 g/mol. The second kappa shape index (κ2) is 7.38. The predicted octanol–water partition coefficient (Wildman–Crippen LogP) is 3.42. The molecule has 1 heterocycles. The zero-order chi connectivity index (χ0) is 12.7. The van der Waals surface area contributed by atoms with Gasteiger partial charge in [-0.25, -0.2) is 0 Å². The zero-order valence-corrected chi connectivity index (χ0v) is 12.4. The first-order valence-electron chi connectivity index (χ1n) is 7.61. The van der Waals surface area contributed by atoms with Crippen molar-refractivity contribution in [2.45, 2.75) is 77.8 Å². The highest BCUT2D eigenvalue weighted by molar-refractivity contribution is 4.93. The molecule has 0 aromatic heterocycles. The summed E-state index contributed by atoms with van der Waals surface area (Å²) in [7, 11) is 0. The first kappa shape index (κ1) is 15.0. The SMILES string of the molecule is CCCNC(CC)C(C)(C)N1CCCCCC1. The van der Waals surface area contributed by atoms with Gasteiger partial charge in [-0.2, -0.15) is 0 Å². The average molecular weight is 240 g/mol. The van der Waals surface area contributed by atoms with Crippen LogP contribution >= 0.6 is 0 Å². The second-order valence-electron chi connectivity index (χ2n) is 5.97. The number of likely N-dealkylation sites (tertiary alicyclic amines) is 1. The maximum absolute atomic E-state index is 3.74. The largest absolute Gasteiger partial charge is 0.312 e. The van der Waals surface area contributed by atoms with Crippen LogP contribution in [0.2, 0.25) is 0 Å². The van der Waals surface area contributed by atoms with Crippen molar-refractivity contribution in [2.24, 2.45) is 0 Å². The van der Waals surface area contributed by atoms with Gasteiger partial charge in [-0.3, -0.25) is 4.90 Å². The van der Waals surface area contributed by atoms with Gasteiger partial charge in [0.15, 0.2) is 0 Å². The van der Waals surface area contributed by atoms with Gasteiger partial charge < -0.3 is 5.32 Å². The maximum atomic E-state index is 3.74. The molecule has 0 radical (unpaired) electrons. The van der Waals surface area contributed by atoms with Crippen molar-refractivity contribution in [3.8, 4) is 0 Å². The number of nitrogens with zero attached hydrogens (tertiary/aromatic N) is 1. The third-order valence-corrected chi connectivity index (χ3v) is 4.32. The Morgan fingerprint density at radius 2 is 1.65 bits per heavy atom. The Bertz CT molecular complexity index is 193. The molecule has 0 aromatic carbocycles. The summed E-state index contributed by atoms with van der Waals surface area (Å²) in [6.45, 7) is 13.1. The van der Waals surface area contributed by atoms with E-state index in [1.54, 1.807) is 0 Å². The summed E-state index contributed by atoms with van der Waals surface area (Å²) in [5.74, 6) is 0. The van der Waals surface area contributed by atoms with Crippen LogP contribution in [0.1, 0.15) is 66.2 Å². The van der Waals surface area contributed by atoms with Crippen LogP contribution in [0, 0.1) is 0 Å². The molecule has 2 heteroatoms. The minimum absolute atomic E-state index is 0.300. The van der Waals surface area contributed by atoms with E-state index in [0.29, 0.717) is 11.6 Å². The molecule has 1 atom stereocenters. The van der Waals surface area contributed by atoms with Gasteiger partial charge in [0.05, 0.1) is 0 Å². The van der Waals surface area contributed by atoms with Crippen molar-refractivity contribution in [2.75, 3.05) is 19.6 Å². The van der Waals surface area contributed by atoms with Gasteiger partial charge in [-0.05, 0) is 59.2 Å². The molecular formula is C15H32N2. The fourth-order valence-electron chi connectivity index (χ4n) is 3.08. The third kappa shape index (κ3) is 4.26. The highest BCUT2D eigenvalue weighted by atomic mass is 15.2. The highest BCUT2D eigenvalue weighted by Crippen LogP contribution is 2.25. The fourth-order valence-corrected chi connectivity index (χ4v) is 3.08. The summed E-state index contributed by atoms with van der Waals surface area (Å²) >= 11 is 0. The molecule has 17 heavy (non-hydrogen) atoms. The lowest BCUT2D eigenvalue weighted by molar-refractivity contribution is 0.0819. The van der Waals surface area contributed by atoms with E-state index in [1.807, 2.05) is 0 Å². The van der Waals surface area contributed by atoms with Crippen molar-refractivity contribution in [3.63, 3.8) is 0 Å². The van der Waals surface area contributed by atoms with Crippen molar-refractivity contribution >= 4 is 0 Å². The van der Waals surface area contributed by atoms with Crippen molar-refractivity contribution in [3.05, 3.63) is 0 Å². The first-order valence-corrected chi connectivity index (χ1v) is 7.61. The fraction of sp³-hybridized carbons (Fsp3) is 1.00. The molecule has 1 fully saturated rings. The van der Waals surface area contributed by atoms with Gasteiger partial charge in [0.2, 0.25) is 0 Å². The Labute approximate surface area is 108 Å². The lowest BCUT2D eigenvalue weighted by atomic mass is 9.89. The van der Waals surface area contributed by atoms with Crippen molar-refractivity contribution < 1.29 is 0 Å². The Kier molecular flexibility index (Phi) is 6.50.